The average Bonchev–Trinajstić information content (AvgIpc) is 2.59. The number of carbonyl (C=O) groups excluding carboxylic acids is 2. The van der Waals surface area contributed by atoms with E-state index in [0.29, 0.717) is 22.3 Å². The Morgan fingerprint density at radius 3 is 2.44 bits per heavy atom. The minimum Gasteiger partial charge on any atom is -0.311 e. The SMILES string of the molecule is CC(=O)N(CC(=O)N1CCCc2ccccc21)c1c(Cl)cccc1Cl. The van der Waals surface area contributed by atoms with Crippen molar-refractivity contribution in [3.05, 3.63) is 58.1 Å². The van der Waals surface area contributed by atoms with Crippen LogP contribution in [0.5, 0.6) is 0 Å². The normalized spacial score (nSPS) is 13.3. The highest BCUT2D eigenvalue weighted by Gasteiger charge is 2.27. The summed E-state index contributed by atoms with van der Waals surface area (Å²) < 4.78 is 0. The number of amides is 2. The first kappa shape index (κ1) is 17.8. The number of carbonyl (C=O) groups is 2. The van der Waals surface area contributed by atoms with E-state index in [1.54, 1.807) is 23.1 Å². The van der Waals surface area contributed by atoms with Crippen molar-refractivity contribution in [2.24, 2.45) is 0 Å². The van der Waals surface area contributed by atoms with E-state index in [0.717, 1.165) is 24.1 Å². The van der Waals surface area contributed by atoms with Crippen LogP contribution in [0.25, 0.3) is 0 Å². The highest BCUT2D eigenvalue weighted by molar-refractivity contribution is 6.40. The second-order valence-electron chi connectivity index (χ2n) is 5.95. The van der Waals surface area contributed by atoms with Gasteiger partial charge >= 0.3 is 0 Å². The maximum absolute atomic E-state index is 12.9. The molecule has 2 aromatic rings. The standard InChI is InChI=1S/C19H18Cl2N2O2/c1-13(24)23(19-15(20)8-4-9-16(19)21)12-18(25)22-11-5-7-14-6-2-3-10-17(14)22/h2-4,6,8-10H,5,7,11-12H2,1H3. The molecule has 0 unspecified atom stereocenters. The minimum atomic E-state index is -0.284. The zero-order valence-corrected chi connectivity index (χ0v) is 15.3. The predicted octanol–water partition coefficient (Wildman–Crippen LogP) is 4.33. The Balaban J connectivity index is 1.89. The van der Waals surface area contributed by atoms with Gasteiger partial charge in [-0.25, -0.2) is 0 Å². The van der Waals surface area contributed by atoms with Crippen molar-refractivity contribution in [1.29, 1.82) is 0 Å². The maximum Gasteiger partial charge on any atom is 0.247 e. The van der Waals surface area contributed by atoms with Crippen LogP contribution in [-0.2, 0) is 16.0 Å². The Bertz CT molecular complexity index is 803. The van der Waals surface area contributed by atoms with Crippen molar-refractivity contribution in [3.8, 4) is 0 Å². The molecule has 0 atom stereocenters. The third kappa shape index (κ3) is 3.65. The quantitative estimate of drug-likeness (QED) is 0.799. The minimum absolute atomic E-state index is 0.104. The number of hydrogen-bond donors (Lipinski definition) is 0. The van der Waals surface area contributed by atoms with Gasteiger partial charge in [0.1, 0.15) is 6.54 Å². The zero-order chi connectivity index (χ0) is 18.0. The fourth-order valence-electron chi connectivity index (χ4n) is 3.11. The third-order valence-corrected chi connectivity index (χ3v) is 4.90. The van der Waals surface area contributed by atoms with Crippen molar-refractivity contribution < 1.29 is 9.59 Å². The summed E-state index contributed by atoms with van der Waals surface area (Å²) in [6, 6.07) is 12.9. The molecule has 0 saturated heterocycles. The summed E-state index contributed by atoms with van der Waals surface area (Å²) in [6.07, 6.45) is 1.85. The smallest absolute Gasteiger partial charge is 0.247 e. The second-order valence-corrected chi connectivity index (χ2v) is 6.77. The molecule has 0 radical (unpaired) electrons. The summed E-state index contributed by atoms with van der Waals surface area (Å²) in [5.74, 6) is -0.438. The van der Waals surface area contributed by atoms with Gasteiger partial charge < -0.3 is 9.80 Å². The van der Waals surface area contributed by atoms with Crippen molar-refractivity contribution >= 4 is 46.4 Å². The van der Waals surface area contributed by atoms with Crippen molar-refractivity contribution in [3.63, 3.8) is 0 Å². The lowest BCUT2D eigenvalue weighted by molar-refractivity contribution is -0.121. The topological polar surface area (TPSA) is 40.6 Å². The molecule has 0 fully saturated rings. The number of nitrogens with zero attached hydrogens (tertiary/aromatic N) is 2. The van der Waals surface area contributed by atoms with Gasteiger partial charge in [-0.3, -0.25) is 9.59 Å². The number of para-hydroxylation sites is 2. The van der Waals surface area contributed by atoms with E-state index in [-0.39, 0.29) is 18.4 Å². The summed E-state index contributed by atoms with van der Waals surface area (Å²) in [6.45, 7) is 1.93. The second kappa shape index (κ2) is 7.46. The lowest BCUT2D eigenvalue weighted by atomic mass is 10.0. The number of hydrogen-bond acceptors (Lipinski definition) is 2. The molecular weight excluding hydrogens is 359 g/mol. The van der Waals surface area contributed by atoms with Crippen LogP contribution in [0, 0.1) is 0 Å². The van der Waals surface area contributed by atoms with E-state index in [4.69, 9.17) is 23.2 Å². The Hall–Kier alpha value is -2.04. The van der Waals surface area contributed by atoms with Crippen molar-refractivity contribution in [2.45, 2.75) is 19.8 Å². The molecule has 25 heavy (non-hydrogen) atoms. The molecular formula is C19H18Cl2N2O2. The Labute approximate surface area is 156 Å². The molecule has 2 aromatic carbocycles. The lowest BCUT2D eigenvalue weighted by Crippen LogP contribution is -2.44. The highest BCUT2D eigenvalue weighted by atomic mass is 35.5. The summed E-state index contributed by atoms with van der Waals surface area (Å²) in [4.78, 5) is 28.1. The van der Waals surface area contributed by atoms with Gasteiger partial charge in [-0.15, -0.1) is 0 Å². The number of anilines is 2. The van der Waals surface area contributed by atoms with Gasteiger partial charge in [0.25, 0.3) is 0 Å². The van der Waals surface area contributed by atoms with Gasteiger partial charge in [0, 0.05) is 19.2 Å². The first-order valence-electron chi connectivity index (χ1n) is 8.09. The summed E-state index contributed by atoms with van der Waals surface area (Å²) in [5.41, 5.74) is 2.43. The molecule has 0 spiro atoms. The molecule has 3 rings (SSSR count). The monoisotopic (exact) mass is 376 g/mol. The van der Waals surface area contributed by atoms with Crippen LogP contribution in [0.4, 0.5) is 11.4 Å². The van der Waals surface area contributed by atoms with E-state index < -0.39 is 0 Å². The van der Waals surface area contributed by atoms with Crippen LogP contribution < -0.4 is 9.80 Å². The summed E-state index contributed by atoms with van der Waals surface area (Å²) in [7, 11) is 0. The maximum atomic E-state index is 12.9. The molecule has 0 aliphatic carbocycles. The fourth-order valence-corrected chi connectivity index (χ4v) is 3.71. The molecule has 130 valence electrons. The number of fused-ring (bicyclic) bond motifs is 1. The summed E-state index contributed by atoms with van der Waals surface area (Å²) >= 11 is 12.4. The Morgan fingerprint density at radius 1 is 1.08 bits per heavy atom. The van der Waals surface area contributed by atoms with E-state index >= 15 is 0 Å². The molecule has 1 aliphatic rings. The van der Waals surface area contributed by atoms with Gasteiger partial charge in [-0.1, -0.05) is 47.5 Å². The van der Waals surface area contributed by atoms with E-state index in [1.165, 1.54) is 11.8 Å². The van der Waals surface area contributed by atoms with Crippen LogP contribution in [-0.4, -0.2) is 24.9 Å². The molecule has 1 heterocycles. The molecule has 0 N–H and O–H groups in total. The number of rotatable bonds is 3. The highest BCUT2D eigenvalue weighted by Crippen LogP contribution is 2.34. The van der Waals surface area contributed by atoms with E-state index in [1.807, 2.05) is 24.3 Å². The van der Waals surface area contributed by atoms with E-state index in [9.17, 15) is 9.59 Å². The predicted molar refractivity (Wildman–Crippen MR) is 102 cm³/mol. The van der Waals surface area contributed by atoms with Crippen LogP contribution in [0.1, 0.15) is 18.9 Å². The van der Waals surface area contributed by atoms with Crippen molar-refractivity contribution in [1.82, 2.24) is 0 Å². The van der Waals surface area contributed by atoms with Gasteiger partial charge in [-0.05, 0) is 36.6 Å². The van der Waals surface area contributed by atoms with Gasteiger partial charge in [0.05, 0.1) is 15.7 Å². The molecule has 4 nitrogen and oxygen atoms in total. The third-order valence-electron chi connectivity index (χ3n) is 4.29. The van der Waals surface area contributed by atoms with Gasteiger partial charge in [-0.2, -0.15) is 0 Å². The lowest BCUT2D eigenvalue weighted by Gasteiger charge is -2.32. The largest absolute Gasteiger partial charge is 0.311 e. The Morgan fingerprint density at radius 2 is 1.76 bits per heavy atom. The molecule has 0 saturated carbocycles. The average molecular weight is 377 g/mol. The van der Waals surface area contributed by atoms with E-state index in [2.05, 4.69) is 0 Å². The first-order valence-corrected chi connectivity index (χ1v) is 8.85. The molecule has 6 heteroatoms. The van der Waals surface area contributed by atoms with Crippen LogP contribution in [0.2, 0.25) is 10.0 Å². The fraction of sp³-hybridized carbons (Fsp3) is 0.263. The molecule has 0 bridgehead atoms. The molecule has 1 aliphatic heterocycles. The van der Waals surface area contributed by atoms with Crippen LogP contribution >= 0.6 is 23.2 Å². The summed E-state index contributed by atoms with van der Waals surface area (Å²) in [5, 5.41) is 0.684. The van der Waals surface area contributed by atoms with Gasteiger partial charge in [0.2, 0.25) is 11.8 Å². The number of benzene rings is 2. The van der Waals surface area contributed by atoms with Gasteiger partial charge in [0.15, 0.2) is 0 Å². The first-order chi connectivity index (χ1) is 12.0. The van der Waals surface area contributed by atoms with Crippen LogP contribution in [0.3, 0.4) is 0 Å². The zero-order valence-electron chi connectivity index (χ0n) is 13.8. The number of aryl methyl sites for hydroxylation is 1. The van der Waals surface area contributed by atoms with Crippen molar-refractivity contribution in [2.75, 3.05) is 22.9 Å². The Kier molecular flexibility index (Phi) is 5.30. The molecule has 0 aromatic heterocycles. The van der Waals surface area contributed by atoms with Crippen LogP contribution in [0.15, 0.2) is 42.5 Å². The molecule has 2 amide bonds. The number of halogens is 2.